The third kappa shape index (κ3) is 4.53. The molecule has 0 amide bonds. The Hall–Kier alpha value is -1.97. The minimum atomic E-state index is -4.50. The van der Waals surface area contributed by atoms with Crippen molar-refractivity contribution < 1.29 is 43.7 Å². The third-order valence-corrected chi connectivity index (χ3v) is 5.61. The lowest BCUT2D eigenvalue weighted by Crippen LogP contribution is -2.64. The first kappa shape index (κ1) is 20.8. The Morgan fingerprint density at radius 3 is 1.36 bits per heavy atom. The van der Waals surface area contributed by atoms with Gasteiger partial charge in [-0.3, -0.25) is 4.52 Å². The molecule has 2 aromatic rings. The Morgan fingerprint density at radius 2 is 0.964 bits per heavy atom. The van der Waals surface area contributed by atoms with E-state index in [0.717, 1.165) is 0 Å². The topological polar surface area (TPSA) is 146 Å². The van der Waals surface area contributed by atoms with Gasteiger partial charge in [-0.25, -0.2) is 4.57 Å². The number of para-hydroxylation sites is 2. The molecule has 152 valence electrons. The molecule has 5 N–H and O–H groups in total. The molecule has 3 rings (SSSR count). The number of benzene rings is 2. The Labute approximate surface area is 161 Å². The molecule has 0 bridgehead atoms. The van der Waals surface area contributed by atoms with E-state index in [1.165, 1.54) is 24.3 Å². The van der Waals surface area contributed by atoms with Crippen molar-refractivity contribution in [2.24, 2.45) is 0 Å². The minimum absolute atomic E-state index is 0.127. The lowest BCUT2D eigenvalue weighted by Gasteiger charge is -2.41. The second kappa shape index (κ2) is 8.59. The largest absolute Gasteiger partial charge is 0.588 e. The Balaban J connectivity index is 1.89. The van der Waals surface area contributed by atoms with Gasteiger partial charge < -0.3 is 34.6 Å². The van der Waals surface area contributed by atoms with Gasteiger partial charge in [-0.1, -0.05) is 36.4 Å². The van der Waals surface area contributed by atoms with Crippen molar-refractivity contribution in [2.45, 2.75) is 36.6 Å². The van der Waals surface area contributed by atoms with Crippen LogP contribution in [0, 0.1) is 0 Å². The van der Waals surface area contributed by atoms with Crippen molar-refractivity contribution in [1.82, 2.24) is 0 Å². The summed E-state index contributed by atoms with van der Waals surface area (Å²) in [6, 6.07) is 15.9. The normalized spacial score (nSPS) is 30.6. The molecule has 2 aromatic carbocycles. The van der Waals surface area contributed by atoms with Crippen LogP contribution < -0.4 is 9.05 Å². The molecule has 4 atom stereocenters. The van der Waals surface area contributed by atoms with E-state index in [-0.39, 0.29) is 11.5 Å². The van der Waals surface area contributed by atoms with Crippen LogP contribution in [0.3, 0.4) is 0 Å². The Bertz CT molecular complexity index is 742. The van der Waals surface area contributed by atoms with Gasteiger partial charge in [-0.05, 0) is 24.3 Å². The number of hydrogen-bond donors (Lipinski definition) is 5. The Kier molecular flexibility index (Phi) is 6.36. The molecule has 1 fully saturated rings. The first-order valence-electron chi connectivity index (χ1n) is 8.49. The highest BCUT2D eigenvalue weighted by molar-refractivity contribution is 7.49. The second-order valence-corrected chi connectivity index (χ2v) is 7.75. The third-order valence-electron chi connectivity index (χ3n) is 4.24. The molecule has 0 aliphatic heterocycles. The van der Waals surface area contributed by atoms with Crippen LogP contribution in [0.5, 0.6) is 11.5 Å². The maximum Gasteiger partial charge on any atom is 0.588 e. The first-order valence-corrected chi connectivity index (χ1v) is 9.95. The van der Waals surface area contributed by atoms with Crippen LogP contribution in [-0.2, 0) is 9.09 Å². The summed E-state index contributed by atoms with van der Waals surface area (Å²) in [7, 11) is -4.50. The SMILES string of the molecule is O=P(Oc1ccccc1)(Oc1ccccc1)OC1C(O)C(O)C(O)C(O)C1O. The zero-order valence-electron chi connectivity index (χ0n) is 14.6. The van der Waals surface area contributed by atoms with Crippen molar-refractivity contribution in [3.63, 3.8) is 0 Å². The number of hydrogen-bond acceptors (Lipinski definition) is 9. The van der Waals surface area contributed by atoms with E-state index < -0.39 is 44.4 Å². The van der Waals surface area contributed by atoms with Crippen LogP contribution in [0.2, 0.25) is 0 Å². The molecular weight excluding hydrogens is 391 g/mol. The molecular formula is C18H21O9P. The van der Waals surface area contributed by atoms with E-state index in [1.807, 2.05) is 0 Å². The van der Waals surface area contributed by atoms with Gasteiger partial charge in [0.05, 0.1) is 0 Å². The lowest BCUT2D eigenvalue weighted by atomic mass is 9.85. The minimum Gasteiger partial charge on any atom is -0.395 e. The molecule has 10 heteroatoms. The molecule has 1 aliphatic carbocycles. The van der Waals surface area contributed by atoms with Crippen molar-refractivity contribution in [2.75, 3.05) is 0 Å². The molecule has 1 saturated carbocycles. The predicted octanol–water partition coefficient (Wildman–Crippen LogP) is 0.456. The van der Waals surface area contributed by atoms with Gasteiger partial charge in [0, 0.05) is 0 Å². The molecule has 0 saturated heterocycles. The average molecular weight is 412 g/mol. The lowest BCUT2D eigenvalue weighted by molar-refractivity contribution is -0.219. The van der Waals surface area contributed by atoms with Crippen LogP contribution in [0.1, 0.15) is 0 Å². The highest BCUT2D eigenvalue weighted by atomic mass is 31.2. The van der Waals surface area contributed by atoms with Gasteiger partial charge in [0.2, 0.25) is 0 Å². The molecule has 1 aliphatic rings. The van der Waals surface area contributed by atoms with E-state index >= 15 is 0 Å². The number of aliphatic hydroxyl groups excluding tert-OH is 5. The summed E-state index contributed by atoms with van der Waals surface area (Å²) in [4.78, 5) is 0. The van der Waals surface area contributed by atoms with Gasteiger partial charge in [0.15, 0.2) is 0 Å². The van der Waals surface area contributed by atoms with Crippen molar-refractivity contribution >= 4 is 7.82 Å². The molecule has 0 heterocycles. The summed E-state index contributed by atoms with van der Waals surface area (Å²) in [5.41, 5.74) is 0. The monoisotopic (exact) mass is 412 g/mol. The predicted molar refractivity (Wildman–Crippen MR) is 96.7 cm³/mol. The first-order chi connectivity index (χ1) is 13.3. The summed E-state index contributed by atoms with van der Waals surface area (Å²) in [5, 5.41) is 49.7. The molecule has 0 spiro atoms. The second-order valence-electron chi connectivity index (χ2n) is 6.28. The molecule has 9 nitrogen and oxygen atoms in total. The van der Waals surface area contributed by atoms with Crippen LogP contribution in [0.25, 0.3) is 0 Å². The van der Waals surface area contributed by atoms with E-state index in [0.29, 0.717) is 0 Å². The van der Waals surface area contributed by atoms with Crippen molar-refractivity contribution in [1.29, 1.82) is 0 Å². The van der Waals surface area contributed by atoms with E-state index in [9.17, 15) is 30.1 Å². The summed E-state index contributed by atoms with van der Waals surface area (Å²) in [5.74, 6) is 0.255. The van der Waals surface area contributed by atoms with Gasteiger partial charge in [0.25, 0.3) is 0 Å². The quantitative estimate of drug-likeness (QED) is 0.427. The fourth-order valence-corrected chi connectivity index (χ4v) is 4.18. The summed E-state index contributed by atoms with van der Waals surface area (Å²) >= 11 is 0. The van der Waals surface area contributed by atoms with Gasteiger partial charge in [-0.15, -0.1) is 0 Å². The highest BCUT2D eigenvalue weighted by Gasteiger charge is 2.52. The van der Waals surface area contributed by atoms with Crippen LogP contribution in [0.4, 0.5) is 0 Å². The molecule has 0 aromatic heterocycles. The van der Waals surface area contributed by atoms with E-state index in [1.54, 1.807) is 36.4 Å². The zero-order valence-corrected chi connectivity index (χ0v) is 15.4. The fraction of sp³-hybridized carbons (Fsp3) is 0.333. The molecule has 4 unspecified atom stereocenters. The summed E-state index contributed by atoms with van der Waals surface area (Å²) in [6.45, 7) is 0. The summed E-state index contributed by atoms with van der Waals surface area (Å²) < 4.78 is 29.3. The van der Waals surface area contributed by atoms with Crippen LogP contribution >= 0.6 is 7.82 Å². The van der Waals surface area contributed by atoms with E-state index in [2.05, 4.69) is 0 Å². The zero-order chi connectivity index (χ0) is 20.3. The highest BCUT2D eigenvalue weighted by Crippen LogP contribution is 2.52. The maximum absolute atomic E-state index is 13.3. The number of rotatable bonds is 6. The Morgan fingerprint density at radius 1 is 0.607 bits per heavy atom. The average Bonchev–Trinajstić information content (AvgIpc) is 2.70. The van der Waals surface area contributed by atoms with Gasteiger partial charge in [0.1, 0.15) is 48.1 Å². The van der Waals surface area contributed by atoms with Crippen molar-refractivity contribution in [3.05, 3.63) is 60.7 Å². The number of phosphoric acid groups is 1. The van der Waals surface area contributed by atoms with Crippen LogP contribution in [0.15, 0.2) is 60.7 Å². The maximum atomic E-state index is 13.3. The standard InChI is InChI=1S/C18H21O9P/c19-13-14(20)16(22)18(17(23)15(13)21)27-28(24,25-11-7-3-1-4-8-11)26-12-9-5-2-6-10-12/h1-10,13-23H. The van der Waals surface area contributed by atoms with Crippen LogP contribution in [-0.4, -0.2) is 62.2 Å². The smallest absolute Gasteiger partial charge is 0.395 e. The molecule has 28 heavy (non-hydrogen) atoms. The number of phosphoric ester groups is 1. The summed E-state index contributed by atoms with van der Waals surface area (Å²) in [6.07, 6.45) is -11.0. The fourth-order valence-electron chi connectivity index (χ4n) is 2.75. The van der Waals surface area contributed by atoms with E-state index in [4.69, 9.17) is 13.6 Å². The van der Waals surface area contributed by atoms with Crippen molar-refractivity contribution in [3.8, 4) is 11.5 Å². The van der Waals surface area contributed by atoms with Gasteiger partial charge >= 0.3 is 7.82 Å². The van der Waals surface area contributed by atoms with Gasteiger partial charge in [-0.2, -0.15) is 0 Å². The number of aliphatic hydroxyl groups is 5. The molecule has 0 radical (unpaired) electrons.